The molecule has 1 fully saturated rings. The second kappa shape index (κ2) is 9.42. The Hall–Kier alpha value is -2.53. The average Bonchev–Trinajstić information content (AvgIpc) is 2.74. The number of hydrogen-bond acceptors (Lipinski definition) is 3. The fourth-order valence-electron chi connectivity index (χ4n) is 3.07. The van der Waals surface area contributed by atoms with E-state index in [1.54, 1.807) is 30.0 Å². The number of thioether (sulfide) groups is 1. The third-order valence-electron chi connectivity index (χ3n) is 4.58. The van der Waals surface area contributed by atoms with E-state index in [2.05, 4.69) is 5.32 Å². The first-order valence-corrected chi connectivity index (χ1v) is 10.4. The lowest BCUT2D eigenvalue weighted by atomic mass is 10.1. The van der Waals surface area contributed by atoms with Gasteiger partial charge in [0.1, 0.15) is 5.70 Å². The Morgan fingerprint density at radius 2 is 1.63 bits per heavy atom. The van der Waals surface area contributed by atoms with Gasteiger partial charge in [0.05, 0.1) is 0 Å². The minimum Gasteiger partial charge on any atom is -0.337 e. The van der Waals surface area contributed by atoms with Crippen molar-refractivity contribution in [1.82, 2.24) is 10.2 Å². The summed E-state index contributed by atoms with van der Waals surface area (Å²) in [4.78, 5) is 28.6. The molecule has 1 heterocycles. The van der Waals surface area contributed by atoms with Crippen LogP contribution in [0.2, 0.25) is 0 Å². The molecule has 0 aliphatic carbocycles. The number of nitrogens with zero attached hydrogens (tertiary/aromatic N) is 1. The largest absolute Gasteiger partial charge is 0.337 e. The lowest BCUT2D eigenvalue weighted by Gasteiger charge is -2.27. The van der Waals surface area contributed by atoms with E-state index in [0.717, 1.165) is 42.8 Å². The Labute approximate surface area is 164 Å². The minimum absolute atomic E-state index is 0.118. The molecule has 0 bridgehead atoms. The Balaban J connectivity index is 1.86. The maximum atomic E-state index is 13.0. The molecule has 0 atom stereocenters. The number of amides is 2. The molecule has 4 nitrogen and oxygen atoms in total. The van der Waals surface area contributed by atoms with Gasteiger partial charge in [-0.2, -0.15) is 0 Å². The highest BCUT2D eigenvalue weighted by molar-refractivity contribution is 7.98. The van der Waals surface area contributed by atoms with E-state index in [0.29, 0.717) is 11.3 Å². The summed E-state index contributed by atoms with van der Waals surface area (Å²) in [6.07, 6.45) is 6.95. The Morgan fingerprint density at radius 3 is 2.26 bits per heavy atom. The molecular weight excluding hydrogens is 356 g/mol. The summed E-state index contributed by atoms with van der Waals surface area (Å²) in [5, 5.41) is 2.83. The van der Waals surface area contributed by atoms with Crippen LogP contribution in [0.25, 0.3) is 6.08 Å². The van der Waals surface area contributed by atoms with Gasteiger partial charge in [0.15, 0.2) is 0 Å². The first-order chi connectivity index (χ1) is 13.2. The SMILES string of the molecule is CSc1ccc(C=C(NC(=O)c2ccccc2)C(=O)N2CCCCC2)cc1. The predicted octanol–water partition coefficient (Wildman–Crippen LogP) is 4.19. The van der Waals surface area contributed by atoms with Gasteiger partial charge in [0.25, 0.3) is 11.8 Å². The number of carbonyl (C=O) groups is 2. The Morgan fingerprint density at radius 1 is 0.963 bits per heavy atom. The molecule has 0 saturated carbocycles. The van der Waals surface area contributed by atoms with Crippen molar-refractivity contribution in [2.24, 2.45) is 0 Å². The van der Waals surface area contributed by atoms with Crippen LogP contribution in [-0.2, 0) is 4.79 Å². The van der Waals surface area contributed by atoms with Gasteiger partial charge >= 0.3 is 0 Å². The van der Waals surface area contributed by atoms with Gasteiger partial charge in [-0.3, -0.25) is 9.59 Å². The van der Waals surface area contributed by atoms with Crippen LogP contribution in [0.5, 0.6) is 0 Å². The maximum Gasteiger partial charge on any atom is 0.270 e. The average molecular weight is 381 g/mol. The van der Waals surface area contributed by atoms with Crippen molar-refractivity contribution < 1.29 is 9.59 Å². The number of likely N-dealkylation sites (tertiary alicyclic amines) is 1. The smallest absolute Gasteiger partial charge is 0.270 e. The molecule has 0 aromatic heterocycles. The number of piperidine rings is 1. The lowest BCUT2D eigenvalue weighted by molar-refractivity contribution is -0.128. The van der Waals surface area contributed by atoms with E-state index < -0.39 is 0 Å². The minimum atomic E-state index is -0.270. The fourth-order valence-corrected chi connectivity index (χ4v) is 3.48. The first-order valence-electron chi connectivity index (χ1n) is 9.19. The number of nitrogens with one attached hydrogen (secondary N) is 1. The zero-order chi connectivity index (χ0) is 19.1. The Kier molecular flexibility index (Phi) is 6.71. The molecular formula is C22H24N2O2S. The van der Waals surface area contributed by atoms with E-state index in [1.807, 2.05) is 53.6 Å². The van der Waals surface area contributed by atoms with E-state index in [4.69, 9.17) is 0 Å². The van der Waals surface area contributed by atoms with Crippen molar-refractivity contribution in [3.63, 3.8) is 0 Å². The zero-order valence-corrected chi connectivity index (χ0v) is 16.3. The Bertz CT molecular complexity index is 810. The standard InChI is InChI=1S/C22H24N2O2S/c1-27-19-12-10-17(11-13-19)16-20(22(26)24-14-6-3-7-15-24)23-21(25)18-8-4-2-5-9-18/h2,4-5,8-13,16H,3,6-7,14-15H2,1H3,(H,23,25). The lowest BCUT2D eigenvalue weighted by Crippen LogP contribution is -2.41. The quantitative estimate of drug-likeness (QED) is 0.625. The molecule has 2 aromatic carbocycles. The second-order valence-corrected chi connectivity index (χ2v) is 7.38. The van der Waals surface area contributed by atoms with Gasteiger partial charge in [0.2, 0.25) is 0 Å². The van der Waals surface area contributed by atoms with Gasteiger partial charge in [-0.1, -0.05) is 30.3 Å². The van der Waals surface area contributed by atoms with Crippen molar-refractivity contribution >= 4 is 29.7 Å². The zero-order valence-electron chi connectivity index (χ0n) is 15.5. The highest BCUT2D eigenvalue weighted by Crippen LogP contribution is 2.18. The molecule has 1 N–H and O–H groups in total. The van der Waals surface area contributed by atoms with Crippen LogP contribution in [0.4, 0.5) is 0 Å². The summed E-state index contributed by atoms with van der Waals surface area (Å²) in [6, 6.07) is 16.9. The molecule has 140 valence electrons. The summed E-state index contributed by atoms with van der Waals surface area (Å²) >= 11 is 1.67. The monoisotopic (exact) mass is 380 g/mol. The summed E-state index contributed by atoms with van der Waals surface area (Å²) in [6.45, 7) is 1.48. The van der Waals surface area contributed by atoms with Crippen molar-refractivity contribution in [1.29, 1.82) is 0 Å². The molecule has 0 spiro atoms. The third-order valence-corrected chi connectivity index (χ3v) is 5.33. The van der Waals surface area contributed by atoms with E-state index in [1.165, 1.54) is 0 Å². The molecule has 0 unspecified atom stereocenters. The normalized spacial score (nSPS) is 14.7. The molecule has 3 rings (SSSR count). The van der Waals surface area contributed by atoms with Crippen LogP contribution in [0, 0.1) is 0 Å². The molecule has 1 saturated heterocycles. The van der Waals surface area contributed by atoms with Gasteiger partial charge < -0.3 is 10.2 Å². The van der Waals surface area contributed by atoms with E-state index in [-0.39, 0.29) is 11.8 Å². The van der Waals surface area contributed by atoms with Crippen LogP contribution in [0.3, 0.4) is 0 Å². The summed E-state index contributed by atoms with van der Waals surface area (Å²) in [5.74, 6) is -0.388. The van der Waals surface area contributed by atoms with Crippen molar-refractivity contribution in [3.8, 4) is 0 Å². The summed E-state index contributed by atoms with van der Waals surface area (Å²) < 4.78 is 0. The summed E-state index contributed by atoms with van der Waals surface area (Å²) in [7, 11) is 0. The predicted molar refractivity (Wildman–Crippen MR) is 111 cm³/mol. The number of rotatable bonds is 5. The highest BCUT2D eigenvalue weighted by atomic mass is 32.2. The fraction of sp³-hybridized carbons (Fsp3) is 0.273. The molecule has 5 heteroatoms. The third kappa shape index (κ3) is 5.23. The van der Waals surface area contributed by atoms with Gasteiger partial charge in [-0.05, 0) is 61.4 Å². The second-order valence-electron chi connectivity index (χ2n) is 6.50. The molecule has 1 aliphatic rings. The van der Waals surface area contributed by atoms with E-state index in [9.17, 15) is 9.59 Å². The molecule has 2 amide bonds. The van der Waals surface area contributed by atoms with Gasteiger partial charge in [0, 0.05) is 23.5 Å². The number of benzene rings is 2. The van der Waals surface area contributed by atoms with Crippen LogP contribution in [-0.4, -0.2) is 36.1 Å². The van der Waals surface area contributed by atoms with Crippen LogP contribution >= 0.6 is 11.8 Å². The van der Waals surface area contributed by atoms with Crippen LogP contribution in [0.15, 0.2) is 65.2 Å². The molecule has 1 aliphatic heterocycles. The van der Waals surface area contributed by atoms with Crippen molar-refractivity contribution in [2.45, 2.75) is 24.2 Å². The molecule has 2 aromatic rings. The molecule has 27 heavy (non-hydrogen) atoms. The molecule has 0 radical (unpaired) electrons. The van der Waals surface area contributed by atoms with Gasteiger partial charge in [-0.25, -0.2) is 0 Å². The highest BCUT2D eigenvalue weighted by Gasteiger charge is 2.22. The topological polar surface area (TPSA) is 49.4 Å². The number of hydrogen-bond donors (Lipinski definition) is 1. The summed E-state index contributed by atoms with van der Waals surface area (Å²) in [5.41, 5.74) is 1.75. The maximum absolute atomic E-state index is 13.0. The number of carbonyl (C=O) groups excluding carboxylic acids is 2. The van der Waals surface area contributed by atoms with Crippen LogP contribution < -0.4 is 5.32 Å². The van der Waals surface area contributed by atoms with Crippen molar-refractivity contribution in [2.75, 3.05) is 19.3 Å². The van der Waals surface area contributed by atoms with Crippen LogP contribution in [0.1, 0.15) is 35.2 Å². The van der Waals surface area contributed by atoms with Crippen molar-refractivity contribution in [3.05, 3.63) is 71.4 Å². The van der Waals surface area contributed by atoms with E-state index >= 15 is 0 Å². The first kappa shape index (κ1) is 19.2. The van der Waals surface area contributed by atoms with Gasteiger partial charge in [-0.15, -0.1) is 11.8 Å².